The van der Waals surface area contributed by atoms with Crippen molar-refractivity contribution in [1.82, 2.24) is 9.97 Å². The lowest BCUT2D eigenvalue weighted by molar-refractivity contribution is 0.256. The fraction of sp³-hybridized carbons (Fsp3) is 0.467. The Balaban J connectivity index is 2.22. The van der Waals surface area contributed by atoms with Crippen LogP contribution in [0, 0.1) is 11.3 Å². The van der Waals surface area contributed by atoms with Gasteiger partial charge in [-0.2, -0.15) is 0 Å². The molecule has 1 aromatic rings. The van der Waals surface area contributed by atoms with Crippen LogP contribution in [-0.2, 0) is 0 Å². The summed E-state index contributed by atoms with van der Waals surface area (Å²) < 4.78 is 0. The molecule has 1 atom stereocenters. The van der Waals surface area contributed by atoms with E-state index in [1.54, 1.807) is 6.20 Å². The Labute approximate surface area is 109 Å². The lowest BCUT2D eigenvalue weighted by Crippen LogP contribution is -2.26. The highest BCUT2D eigenvalue weighted by Gasteiger charge is 2.30. The Kier molecular flexibility index (Phi) is 3.50. The molecule has 96 valence electrons. The predicted molar refractivity (Wildman–Crippen MR) is 75.7 cm³/mol. The van der Waals surface area contributed by atoms with Gasteiger partial charge in [-0.25, -0.2) is 9.97 Å². The van der Waals surface area contributed by atoms with Crippen LogP contribution in [0.25, 0.3) is 6.08 Å². The molecule has 3 heteroatoms. The van der Waals surface area contributed by atoms with Crippen LogP contribution in [0.3, 0.4) is 0 Å². The number of aromatic nitrogens is 2. The van der Waals surface area contributed by atoms with Crippen LogP contribution in [0.4, 0.5) is 5.95 Å². The summed E-state index contributed by atoms with van der Waals surface area (Å²) in [4.78, 5) is 8.09. The second-order valence-electron chi connectivity index (χ2n) is 5.65. The quantitative estimate of drug-likeness (QED) is 0.809. The van der Waals surface area contributed by atoms with E-state index >= 15 is 0 Å². The van der Waals surface area contributed by atoms with Gasteiger partial charge in [-0.15, -0.1) is 0 Å². The van der Waals surface area contributed by atoms with E-state index in [0.29, 0.717) is 17.3 Å². The van der Waals surface area contributed by atoms with Crippen LogP contribution >= 0.6 is 0 Å². The number of hydrogen-bond donors (Lipinski definition) is 1. The van der Waals surface area contributed by atoms with Gasteiger partial charge in [-0.1, -0.05) is 31.6 Å². The van der Waals surface area contributed by atoms with Gasteiger partial charge in [0.1, 0.15) is 0 Å². The van der Waals surface area contributed by atoms with E-state index in [0.717, 1.165) is 5.69 Å². The van der Waals surface area contributed by atoms with Crippen molar-refractivity contribution in [3.05, 3.63) is 35.7 Å². The number of nitrogen functional groups attached to an aromatic ring is 1. The minimum Gasteiger partial charge on any atom is -0.368 e. The van der Waals surface area contributed by atoms with E-state index in [1.807, 2.05) is 12.1 Å². The maximum absolute atomic E-state index is 5.58. The molecule has 0 saturated carbocycles. The zero-order valence-corrected chi connectivity index (χ0v) is 11.4. The summed E-state index contributed by atoms with van der Waals surface area (Å²) in [7, 11) is 0. The fourth-order valence-corrected chi connectivity index (χ4v) is 2.66. The number of anilines is 1. The molecule has 18 heavy (non-hydrogen) atoms. The fourth-order valence-electron chi connectivity index (χ4n) is 2.66. The third-order valence-electron chi connectivity index (χ3n) is 3.74. The molecule has 2 N–H and O–H groups in total. The van der Waals surface area contributed by atoms with Crippen LogP contribution in [0.2, 0.25) is 0 Å². The number of allylic oxidation sites excluding steroid dienone is 3. The summed E-state index contributed by atoms with van der Waals surface area (Å²) in [6, 6.07) is 1.88. The lowest BCUT2D eigenvalue weighted by atomic mass is 9.68. The van der Waals surface area contributed by atoms with Crippen LogP contribution < -0.4 is 5.73 Å². The third-order valence-corrected chi connectivity index (χ3v) is 3.74. The standard InChI is InChI=1S/C15H21N3/c1-11-5-4-9-15(2,3)13(11)7-6-12-8-10-17-14(16)18-12/h5-8,10,13H,4,9H2,1-3H3,(H2,16,17,18)/b7-6+. The monoisotopic (exact) mass is 243 g/mol. The van der Waals surface area contributed by atoms with Gasteiger partial charge in [-0.3, -0.25) is 0 Å². The highest BCUT2D eigenvalue weighted by atomic mass is 15.0. The molecule has 1 aliphatic rings. The molecule has 1 aliphatic carbocycles. The Hall–Kier alpha value is -1.64. The van der Waals surface area contributed by atoms with Gasteiger partial charge >= 0.3 is 0 Å². The summed E-state index contributed by atoms with van der Waals surface area (Å²) in [5.74, 6) is 0.801. The van der Waals surface area contributed by atoms with Gasteiger partial charge in [-0.05, 0) is 37.3 Å². The molecule has 3 nitrogen and oxygen atoms in total. The zero-order valence-electron chi connectivity index (χ0n) is 11.4. The molecule has 1 aromatic heterocycles. The minimum atomic E-state index is 0.313. The van der Waals surface area contributed by atoms with Crippen molar-refractivity contribution in [2.45, 2.75) is 33.6 Å². The second kappa shape index (κ2) is 4.92. The smallest absolute Gasteiger partial charge is 0.220 e. The zero-order chi connectivity index (χ0) is 13.2. The maximum Gasteiger partial charge on any atom is 0.220 e. The molecule has 1 unspecified atom stereocenters. The van der Waals surface area contributed by atoms with E-state index in [9.17, 15) is 0 Å². The molecule has 1 heterocycles. The average Bonchev–Trinajstić information content (AvgIpc) is 2.27. The predicted octanol–water partition coefficient (Wildman–Crippen LogP) is 3.45. The minimum absolute atomic E-state index is 0.313. The number of nitrogens with two attached hydrogens (primary N) is 1. The summed E-state index contributed by atoms with van der Waals surface area (Å²) in [6.07, 6.45) is 10.7. The molecule has 0 saturated heterocycles. The van der Waals surface area contributed by atoms with Crippen molar-refractivity contribution in [2.24, 2.45) is 11.3 Å². The Bertz CT molecular complexity index is 486. The van der Waals surface area contributed by atoms with Crippen molar-refractivity contribution in [1.29, 1.82) is 0 Å². The van der Waals surface area contributed by atoms with Crippen LogP contribution in [0.1, 0.15) is 39.3 Å². The molecule has 0 bridgehead atoms. The van der Waals surface area contributed by atoms with E-state index in [2.05, 4.69) is 42.9 Å². The van der Waals surface area contributed by atoms with Gasteiger partial charge < -0.3 is 5.73 Å². The van der Waals surface area contributed by atoms with Crippen molar-refractivity contribution >= 4 is 12.0 Å². The summed E-state index contributed by atoms with van der Waals surface area (Å²) >= 11 is 0. The SMILES string of the molecule is CC1=CCCC(C)(C)C1/C=C/c1ccnc(N)n1. The first-order valence-electron chi connectivity index (χ1n) is 6.42. The topological polar surface area (TPSA) is 51.8 Å². The van der Waals surface area contributed by atoms with E-state index in [1.165, 1.54) is 18.4 Å². The van der Waals surface area contributed by atoms with Crippen molar-refractivity contribution in [2.75, 3.05) is 5.73 Å². The van der Waals surface area contributed by atoms with Gasteiger partial charge in [0.15, 0.2) is 0 Å². The van der Waals surface area contributed by atoms with Gasteiger partial charge in [0.2, 0.25) is 5.95 Å². The first kappa shape index (κ1) is 12.8. The number of rotatable bonds is 2. The van der Waals surface area contributed by atoms with Crippen molar-refractivity contribution in [3.63, 3.8) is 0 Å². The molecule has 0 amide bonds. The second-order valence-corrected chi connectivity index (χ2v) is 5.65. The Morgan fingerprint density at radius 2 is 2.22 bits per heavy atom. The highest BCUT2D eigenvalue weighted by Crippen LogP contribution is 2.41. The molecular weight excluding hydrogens is 222 g/mol. The van der Waals surface area contributed by atoms with E-state index < -0.39 is 0 Å². The first-order chi connectivity index (χ1) is 8.49. The van der Waals surface area contributed by atoms with Crippen LogP contribution in [0.15, 0.2) is 30.0 Å². The van der Waals surface area contributed by atoms with Crippen molar-refractivity contribution in [3.8, 4) is 0 Å². The maximum atomic E-state index is 5.58. The van der Waals surface area contributed by atoms with Gasteiger partial charge in [0.05, 0.1) is 5.69 Å². The van der Waals surface area contributed by atoms with Crippen LogP contribution in [-0.4, -0.2) is 9.97 Å². The number of nitrogens with zero attached hydrogens (tertiary/aromatic N) is 2. The molecule has 0 radical (unpaired) electrons. The molecular formula is C15H21N3. The summed E-state index contributed by atoms with van der Waals surface area (Å²) in [5.41, 5.74) is 8.21. The van der Waals surface area contributed by atoms with E-state index in [-0.39, 0.29) is 0 Å². The largest absolute Gasteiger partial charge is 0.368 e. The van der Waals surface area contributed by atoms with Crippen molar-refractivity contribution < 1.29 is 0 Å². The van der Waals surface area contributed by atoms with Crippen LogP contribution in [0.5, 0.6) is 0 Å². The average molecular weight is 243 g/mol. The lowest BCUT2D eigenvalue weighted by Gasteiger charge is -2.36. The number of hydrogen-bond acceptors (Lipinski definition) is 3. The summed E-state index contributed by atoms with van der Waals surface area (Å²) in [5, 5.41) is 0. The molecule has 2 rings (SSSR count). The molecule has 0 aliphatic heterocycles. The molecule has 0 fully saturated rings. The normalized spacial score (nSPS) is 23.1. The van der Waals surface area contributed by atoms with Gasteiger partial charge in [0.25, 0.3) is 0 Å². The third kappa shape index (κ3) is 2.78. The molecule has 0 aromatic carbocycles. The molecule has 0 spiro atoms. The summed E-state index contributed by atoms with van der Waals surface area (Å²) in [6.45, 7) is 6.87. The first-order valence-corrected chi connectivity index (χ1v) is 6.42. The van der Waals surface area contributed by atoms with E-state index in [4.69, 9.17) is 5.73 Å². The van der Waals surface area contributed by atoms with Gasteiger partial charge in [0, 0.05) is 12.1 Å². The highest BCUT2D eigenvalue weighted by molar-refractivity contribution is 5.47. The Morgan fingerprint density at radius 3 is 2.89 bits per heavy atom. The Morgan fingerprint density at radius 1 is 1.44 bits per heavy atom.